The molecule has 0 spiro atoms. The zero-order chi connectivity index (χ0) is 13.4. The van der Waals surface area contributed by atoms with E-state index in [9.17, 15) is 0 Å². The van der Waals surface area contributed by atoms with Crippen LogP contribution in [0.3, 0.4) is 0 Å². The molecular weight excluding hydrogens is 220 g/mol. The molecule has 0 fully saturated rings. The molecule has 0 heterocycles. The Balaban J connectivity index is 0. The zero-order valence-electron chi connectivity index (χ0n) is 11.7. The van der Waals surface area contributed by atoms with Crippen LogP contribution in [0.15, 0.2) is 0 Å². The number of hydrogen-bond acceptors (Lipinski definition) is 4. The van der Waals surface area contributed by atoms with Gasteiger partial charge >= 0.3 is 0 Å². The summed E-state index contributed by atoms with van der Waals surface area (Å²) in [5.74, 6) is 0. The lowest BCUT2D eigenvalue weighted by molar-refractivity contribution is -0.00806. The molecule has 0 aromatic rings. The predicted octanol–water partition coefficient (Wildman–Crippen LogP) is 1.98. The van der Waals surface area contributed by atoms with Gasteiger partial charge in [-0.3, -0.25) is 0 Å². The van der Waals surface area contributed by atoms with Gasteiger partial charge in [-0.05, 0) is 19.8 Å². The first-order valence-corrected chi connectivity index (χ1v) is 6.63. The third-order valence-corrected chi connectivity index (χ3v) is 2.00. The van der Waals surface area contributed by atoms with Gasteiger partial charge < -0.3 is 19.7 Å². The van der Waals surface area contributed by atoms with Crippen molar-refractivity contribution in [2.24, 2.45) is 0 Å². The second-order valence-electron chi connectivity index (χ2n) is 3.91. The van der Waals surface area contributed by atoms with E-state index in [0.717, 1.165) is 32.7 Å². The van der Waals surface area contributed by atoms with Crippen LogP contribution in [0.5, 0.6) is 0 Å². The van der Waals surface area contributed by atoms with Crippen molar-refractivity contribution in [3.63, 3.8) is 0 Å². The van der Waals surface area contributed by atoms with Crippen molar-refractivity contribution < 1.29 is 19.7 Å². The molecule has 0 aliphatic carbocycles. The first-order chi connectivity index (χ1) is 8.22. The Morgan fingerprint density at radius 2 is 1.47 bits per heavy atom. The Bertz CT molecular complexity index is 118. The molecule has 0 aliphatic heterocycles. The van der Waals surface area contributed by atoms with Gasteiger partial charge in [0.25, 0.3) is 0 Å². The number of rotatable bonds is 10. The minimum absolute atomic E-state index is 0.125. The van der Waals surface area contributed by atoms with E-state index < -0.39 is 0 Å². The van der Waals surface area contributed by atoms with Crippen molar-refractivity contribution in [2.45, 2.75) is 52.6 Å². The molecule has 0 aromatic carbocycles. The van der Waals surface area contributed by atoms with Gasteiger partial charge in [-0.2, -0.15) is 0 Å². The summed E-state index contributed by atoms with van der Waals surface area (Å²) in [6.07, 6.45) is 4.96. The topological polar surface area (TPSA) is 58.9 Å². The monoisotopic (exact) mass is 250 g/mol. The van der Waals surface area contributed by atoms with E-state index >= 15 is 0 Å². The highest BCUT2D eigenvalue weighted by molar-refractivity contribution is 4.47. The van der Waals surface area contributed by atoms with Gasteiger partial charge in [-0.15, -0.1) is 0 Å². The van der Waals surface area contributed by atoms with Gasteiger partial charge in [-0.1, -0.05) is 26.7 Å². The third-order valence-electron chi connectivity index (χ3n) is 2.00. The number of hydrogen-bond donors (Lipinski definition) is 2. The molecule has 0 bridgehead atoms. The van der Waals surface area contributed by atoms with E-state index in [0.29, 0.717) is 0 Å². The average molecular weight is 250 g/mol. The Labute approximate surface area is 106 Å². The van der Waals surface area contributed by atoms with E-state index in [-0.39, 0.29) is 19.3 Å². The van der Waals surface area contributed by atoms with Gasteiger partial charge in [0.1, 0.15) is 0 Å². The summed E-state index contributed by atoms with van der Waals surface area (Å²) in [5, 5.41) is 15.2. The van der Waals surface area contributed by atoms with E-state index in [1.807, 2.05) is 0 Å². The smallest absolute Gasteiger partial charge is 0.0780 e. The number of aliphatic hydroxyl groups is 2. The third kappa shape index (κ3) is 21.6. The molecule has 0 amide bonds. The summed E-state index contributed by atoms with van der Waals surface area (Å²) in [6.45, 7) is 8.65. The molecule has 0 aromatic heterocycles. The van der Waals surface area contributed by atoms with Crippen LogP contribution < -0.4 is 0 Å². The highest BCUT2D eigenvalue weighted by atomic mass is 16.5. The van der Waals surface area contributed by atoms with Crippen molar-refractivity contribution in [1.29, 1.82) is 0 Å². The van der Waals surface area contributed by atoms with Crippen LogP contribution in [0.2, 0.25) is 0 Å². The molecule has 0 saturated carbocycles. The standard InChI is InChI=1S/C11H24O2.C2H6O2/c1-4-6-8-12-10-11(3)13-9-7-5-2;3-1-2-4/h11H,4-10H2,1-3H3;3-4H,1-2H2. The van der Waals surface area contributed by atoms with Gasteiger partial charge in [0.05, 0.1) is 25.9 Å². The van der Waals surface area contributed by atoms with Gasteiger partial charge in [-0.25, -0.2) is 0 Å². The van der Waals surface area contributed by atoms with E-state index in [1.165, 1.54) is 12.8 Å². The summed E-state index contributed by atoms with van der Waals surface area (Å²) >= 11 is 0. The highest BCUT2D eigenvalue weighted by Gasteiger charge is 2.00. The number of unbranched alkanes of at least 4 members (excludes halogenated alkanes) is 2. The molecule has 2 N–H and O–H groups in total. The molecule has 17 heavy (non-hydrogen) atoms. The maximum atomic E-state index is 7.62. The maximum Gasteiger partial charge on any atom is 0.0780 e. The van der Waals surface area contributed by atoms with Crippen LogP contribution >= 0.6 is 0 Å². The molecule has 1 atom stereocenters. The van der Waals surface area contributed by atoms with Crippen LogP contribution in [-0.4, -0.2) is 49.4 Å². The molecule has 0 saturated heterocycles. The summed E-state index contributed by atoms with van der Waals surface area (Å²) in [4.78, 5) is 0. The van der Waals surface area contributed by atoms with Crippen LogP contribution in [-0.2, 0) is 9.47 Å². The minimum atomic E-state index is -0.125. The fraction of sp³-hybridized carbons (Fsp3) is 1.00. The Morgan fingerprint density at radius 3 is 1.94 bits per heavy atom. The van der Waals surface area contributed by atoms with Crippen LogP contribution in [0.1, 0.15) is 46.5 Å². The fourth-order valence-electron chi connectivity index (χ4n) is 0.973. The molecule has 106 valence electrons. The summed E-state index contributed by atoms with van der Waals surface area (Å²) in [6, 6.07) is 0. The van der Waals surface area contributed by atoms with Crippen molar-refractivity contribution in [3.8, 4) is 0 Å². The largest absolute Gasteiger partial charge is 0.394 e. The Hall–Kier alpha value is -0.160. The lowest BCUT2D eigenvalue weighted by atomic mass is 10.3. The lowest BCUT2D eigenvalue weighted by Gasteiger charge is -2.12. The average Bonchev–Trinajstić information content (AvgIpc) is 2.35. The second kappa shape index (κ2) is 18.2. The fourth-order valence-corrected chi connectivity index (χ4v) is 0.973. The van der Waals surface area contributed by atoms with Crippen LogP contribution in [0.4, 0.5) is 0 Å². The van der Waals surface area contributed by atoms with E-state index in [4.69, 9.17) is 19.7 Å². The van der Waals surface area contributed by atoms with Crippen molar-refractivity contribution >= 4 is 0 Å². The molecule has 4 nitrogen and oxygen atoms in total. The summed E-state index contributed by atoms with van der Waals surface area (Å²) in [5.41, 5.74) is 0. The SMILES string of the molecule is CCCCOCC(C)OCCCC.OCCO. The molecule has 4 heteroatoms. The first-order valence-electron chi connectivity index (χ1n) is 6.63. The van der Waals surface area contributed by atoms with Crippen molar-refractivity contribution in [2.75, 3.05) is 33.0 Å². The Kier molecular flexibility index (Phi) is 20.6. The minimum Gasteiger partial charge on any atom is -0.394 e. The van der Waals surface area contributed by atoms with Crippen molar-refractivity contribution in [1.82, 2.24) is 0 Å². The first kappa shape index (κ1) is 19.2. The molecular formula is C13H30O4. The highest BCUT2D eigenvalue weighted by Crippen LogP contribution is 1.97. The number of aliphatic hydroxyl groups excluding tert-OH is 2. The van der Waals surface area contributed by atoms with Crippen LogP contribution in [0.25, 0.3) is 0 Å². The second-order valence-corrected chi connectivity index (χ2v) is 3.91. The quantitative estimate of drug-likeness (QED) is 0.582. The number of ether oxygens (including phenoxy) is 2. The summed E-state index contributed by atoms with van der Waals surface area (Å²) < 4.78 is 11.0. The van der Waals surface area contributed by atoms with E-state index in [2.05, 4.69) is 20.8 Å². The molecule has 0 radical (unpaired) electrons. The predicted molar refractivity (Wildman–Crippen MR) is 70.2 cm³/mol. The Morgan fingerprint density at radius 1 is 0.941 bits per heavy atom. The van der Waals surface area contributed by atoms with Crippen LogP contribution in [0, 0.1) is 0 Å². The molecule has 1 unspecified atom stereocenters. The zero-order valence-corrected chi connectivity index (χ0v) is 11.7. The van der Waals surface area contributed by atoms with Gasteiger partial charge in [0.15, 0.2) is 0 Å². The molecule has 0 aliphatic rings. The van der Waals surface area contributed by atoms with Gasteiger partial charge in [0.2, 0.25) is 0 Å². The lowest BCUT2D eigenvalue weighted by Crippen LogP contribution is -2.17. The van der Waals surface area contributed by atoms with E-state index in [1.54, 1.807) is 0 Å². The maximum absolute atomic E-state index is 7.62. The summed E-state index contributed by atoms with van der Waals surface area (Å²) in [7, 11) is 0. The van der Waals surface area contributed by atoms with Crippen molar-refractivity contribution in [3.05, 3.63) is 0 Å². The molecule has 0 rings (SSSR count). The normalized spacial score (nSPS) is 11.8. The van der Waals surface area contributed by atoms with Gasteiger partial charge in [0, 0.05) is 13.2 Å².